The van der Waals surface area contributed by atoms with Gasteiger partial charge in [0.2, 0.25) is 6.41 Å². The van der Waals surface area contributed by atoms with Crippen molar-refractivity contribution in [3.63, 3.8) is 0 Å². The summed E-state index contributed by atoms with van der Waals surface area (Å²) in [4.78, 5) is 28.7. The van der Waals surface area contributed by atoms with Gasteiger partial charge in [-0.2, -0.15) is 0 Å². The summed E-state index contributed by atoms with van der Waals surface area (Å²) in [6.07, 6.45) is 5.11. The second-order valence-electron chi connectivity index (χ2n) is 6.38. The second-order valence-corrected chi connectivity index (χ2v) is 7.22. The Balaban J connectivity index is 1.81. The fraction of sp³-hybridized carbons (Fsp3) is 0.278. The van der Waals surface area contributed by atoms with Crippen LogP contribution in [-0.2, 0) is 11.8 Å². The first-order valence-electron chi connectivity index (χ1n) is 8.35. The van der Waals surface area contributed by atoms with Crippen molar-refractivity contribution >= 4 is 46.4 Å². The molecule has 1 aromatic carbocycles. The summed E-state index contributed by atoms with van der Waals surface area (Å²) < 4.78 is 1.37. The average molecular weight is 369 g/mol. The van der Waals surface area contributed by atoms with Crippen LogP contribution in [-0.4, -0.2) is 27.4 Å². The maximum atomic E-state index is 12.5. The highest BCUT2D eigenvalue weighted by molar-refractivity contribution is 7.98. The van der Waals surface area contributed by atoms with Crippen molar-refractivity contribution in [3.8, 4) is 0 Å². The maximum Gasteiger partial charge on any atom is 0.277 e. The molecule has 8 heteroatoms. The number of hydrogen-bond donors (Lipinski definition) is 3. The van der Waals surface area contributed by atoms with Crippen LogP contribution in [0.2, 0.25) is 0 Å². The molecule has 1 aliphatic rings. The van der Waals surface area contributed by atoms with E-state index < -0.39 is 0 Å². The molecule has 1 saturated carbocycles. The van der Waals surface area contributed by atoms with E-state index in [1.54, 1.807) is 24.9 Å². The van der Waals surface area contributed by atoms with Crippen LogP contribution in [0.4, 0.5) is 17.2 Å². The first kappa shape index (κ1) is 16.7. The van der Waals surface area contributed by atoms with Crippen molar-refractivity contribution in [2.45, 2.75) is 23.7 Å². The quantitative estimate of drug-likeness (QED) is 0.458. The van der Waals surface area contributed by atoms with E-state index in [0.29, 0.717) is 34.9 Å². The predicted octanol–water partition coefficient (Wildman–Crippen LogP) is 3.17. The first-order valence-corrected chi connectivity index (χ1v) is 9.58. The first-order chi connectivity index (χ1) is 12.6. The van der Waals surface area contributed by atoms with Gasteiger partial charge in [-0.3, -0.25) is 19.4 Å². The molecule has 0 aliphatic heterocycles. The van der Waals surface area contributed by atoms with Crippen LogP contribution < -0.4 is 16.2 Å². The molecule has 0 radical (unpaired) electrons. The van der Waals surface area contributed by atoms with Crippen LogP contribution in [0, 0.1) is 0 Å². The zero-order valence-electron chi connectivity index (χ0n) is 14.5. The fourth-order valence-electron chi connectivity index (χ4n) is 3.08. The summed E-state index contributed by atoms with van der Waals surface area (Å²) >= 11 is 1.66. The SMILES string of the molecule is CSc1cc(C2CC2)ccc1Nc1cc(NC=O)nc2[nH]n(C)c(=O)c12. The second kappa shape index (κ2) is 6.53. The van der Waals surface area contributed by atoms with Gasteiger partial charge in [0.25, 0.3) is 5.56 Å². The number of carbonyl (C=O) groups is 1. The molecule has 3 aromatic rings. The Morgan fingerprint density at radius 1 is 1.31 bits per heavy atom. The van der Waals surface area contributed by atoms with Crippen molar-refractivity contribution in [3.05, 3.63) is 40.2 Å². The van der Waals surface area contributed by atoms with Crippen LogP contribution >= 0.6 is 11.8 Å². The van der Waals surface area contributed by atoms with Gasteiger partial charge in [-0.05, 0) is 42.7 Å². The number of anilines is 3. The molecule has 1 aliphatic carbocycles. The Kier molecular flexibility index (Phi) is 4.20. The number of rotatable bonds is 6. The van der Waals surface area contributed by atoms with Crippen molar-refractivity contribution in [2.75, 3.05) is 16.9 Å². The van der Waals surface area contributed by atoms with Gasteiger partial charge >= 0.3 is 0 Å². The number of nitrogens with one attached hydrogen (secondary N) is 3. The minimum absolute atomic E-state index is 0.173. The van der Waals surface area contributed by atoms with Gasteiger partial charge in [-0.25, -0.2) is 4.98 Å². The molecule has 0 unspecified atom stereocenters. The van der Waals surface area contributed by atoms with Gasteiger partial charge < -0.3 is 10.6 Å². The molecule has 1 fully saturated rings. The minimum Gasteiger partial charge on any atom is -0.354 e. The highest BCUT2D eigenvalue weighted by Crippen LogP contribution is 2.42. The number of aromatic nitrogens is 3. The number of aromatic amines is 1. The third kappa shape index (κ3) is 2.96. The Labute approximate surface area is 154 Å². The van der Waals surface area contributed by atoms with Gasteiger partial charge in [0.15, 0.2) is 5.65 Å². The minimum atomic E-state index is -0.173. The summed E-state index contributed by atoms with van der Waals surface area (Å²) in [7, 11) is 1.64. The molecule has 2 heterocycles. The zero-order valence-corrected chi connectivity index (χ0v) is 15.3. The smallest absolute Gasteiger partial charge is 0.277 e. The largest absolute Gasteiger partial charge is 0.354 e. The standard InChI is InChI=1S/C18H19N5O2S/c1-23-18(25)16-13(8-15(19-9-24)21-17(16)22-23)20-12-6-5-11(10-3-4-10)7-14(12)26-2/h5-10H,3-4H2,1-2H3,(H3,19,20,21,22,24). The molecular formula is C18H19N5O2S. The molecule has 4 rings (SSSR count). The van der Waals surface area contributed by atoms with E-state index in [1.807, 2.05) is 6.26 Å². The summed E-state index contributed by atoms with van der Waals surface area (Å²) in [6.45, 7) is 0. The average Bonchev–Trinajstić information content (AvgIpc) is 3.43. The fourth-order valence-corrected chi connectivity index (χ4v) is 3.67. The van der Waals surface area contributed by atoms with Crippen LogP contribution in [0.5, 0.6) is 0 Å². The monoisotopic (exact) mass is 369 g/mol. The summed E-state index contributed by atoms with van der Waals surface area (Å²) in [5.41, 5.74) is 3.14. The van der Waals surface area contributed by atoms with Crippen LogP contribution in [0.15, 0.2) is 34.0 Å². The van der Waals surface area contributed by atoms with Gasteiger partial charge in [0.05, 0.1) is 11.4 Å². The van der Waals surface area contributed by atoms with E-state index in [4.69, 9.17) is 0 Å². The normalized spacial score (nSPS) is 13.8. The predicted molar refractivity (Wildman–Crippen MR) is 105 cm³/mol. The molecule has 1 amide bonds. The van der Waals surface area contributed by atoms with E-state index >= 15 is 0 Å². The number of amides is 1. The van der Waals surface area contributed by atoms with E-state index in [0.717, 1.165) is 10.6 Å². The lowest BCUT2D eigenvalue weighted by molar-refractivity contribution is -0.105. The molecule has 0 bridgehead atoms. The number of hydrogen-bond acceptors (Lipinski definition) is 5. The topological polar surface area (TPSA) is 91.8 Å². The number of benzene rings is 1. The zero-order chi connectivity index (χ0) is 18.3. The third-order valence-corrected chi connectivity index (χ3v) is 5.34. The van der Waals surface area contributed by atoms with E-state index in [9.17, 15) is 9.59 Å². The van der Waals surface area contributed by atoms with Gasteiger partial charge in [-0.1, -0.05) is 6.07 Å². The van der Waals surface area contributed by atoms with Crippen molar-refractivity contribution < 1.29 is 4.79 Å². The molecule has 134 valence electrons. The molecule has 7 nitrogen and oxygen atoms in total. The summed E-state index contributed by atoms with van der Waals surface area (Å²) in [5.74, 6) is 1.06. The Hall–Kier alpha value is -2.74. The van der Waals surface area contributed by atoms with Crippen LogP contribution in [0.1, 0.15) is 24.3 Å². The molecule has 0 atom stereocenters. The number of H-pyrrole nitrogens is 1. The Morgan fingerprint density at radius 2 is 2.12 bits per heavy atom. The number of pyridine rings is 1. The van der Waals surface area contributed by atoms with Gasteiger partial charge in [0.1, 0.15) is 11.2 Å². The molecule has 26 heavy (non-hydrogen) atoms. The van der Waals surface area contributed by atoms with E-state index in [2.05, 4.69) is 38.9 Å². The number of thioether (sulfide) groups is 1. The highest BCUT2D eigenvalue weighted by Gasteiger charge is 2.24. The summed E-state index contributed by atoms with van der Waals surface area (Å²) in [6, 6.07) is 8.07. The van der Waals surface area contributed by atoms with Crippen molar-refractivity contribution in [2.24, 2.45) is 7.05 Å². The van der Waals surface area contributed by atoms with E-state index in [-0.39, 0.29) is 5.56 Å². The van der Waals surface area contributed by atoms with Gasteiger partial charge in [0, 0.05) is 18.0 Å². The van der Waals surface area contributed by atoms with Crippen molar-refractivity contribution in [1.82, 2.24) is 14.8 Å². The summed E-state index contributed by atoms with van der Waals surface area (Å²) in [5, 5.41) is 9.27. The highest BCUT2D eigenvalue weighted by atomic mass is 32.2. The molecule has 3 N–H and O–H groups in total. The van der Waals surface area contributed by atoms with E-state index in [1.165, 1.54) is 23.1 Å². The molecule has 2 aromatic heterocycles. The number of carbonyl (C=O) groups excluding carboxylic acids is 1. The molecule has 0 saturated heterocycles. The molecule has 0 spiro atoms. The van der Waals surface area contributed by atoms with Crippen LogP contribution in [0.25, 0.3) is 11.0 Å². The number of aryl methyl sites for hydroxylation is 1. The number of fused-ring (bicyclic) bond motifs is 1. The lowest BCUT2D eigenvalue weighted by Gasteiger charge is -2.13. The number of nitrogens with zero attached hydrogens (tertiary/aromatic N) is 2. The molecular weight excluding hydrogens is 350 g/mol. The van der Waals surface area contributed by atoms with Gasteiger partial charge in [-0.15, -0.1) is 11.8 Å². The van der Waals surface area contributed by atoms with Crippen LogP contribution in [0.3, 0.4) is 0 Å². The van der Waals surface area contributed by atoms with Crippen molar-refractivity contribution in [1.29, 1.82) is 0 Å². The maximum absolute atomic E-state index is 12.5. The lowest BCUT2D eigenvalue weighted by atomic mass is 10.1. The lowest BCUT2D eigenvalue weighted by Crippen LogP contribution is -2.12. The third-order valence-electron chi connectivity index (χ3n) is 4.56. The Bertz CT molecular complexity index is 1050. The Morgan fingerprint density at radius 3 is 2.81 bits per heavy atom.